The highest BCUT2D eigenvalue weighted by Gasteiger charge is 2.08. The summed E-state index contributed by atoms with van der Waals surface area (Å²) in [5.74, 6) is 0. The van der Waals surface area contributed by atoms with Crippen LogP contribution in [0.1, 0.15) is 17.0 Å². The second kappa shape index (κ2) is 4.78. The van der Waals surface area contributed by atoms with Crippen molar-refractivity contribution in [3.63, 3.8) is 0 Å². The molecule has 0 aliphatic rings. The van der Waals surface area contributed by atoms with Crippen molar-refractivity contribution >= 4 is 16.6 Å². The van der Waals surface area contributed by atoms with E-state index < -0.39 is 0 Å². The first kappa shape index (κ1) is 12.4. The third-order valence-corrected chi connectivity index (χ3v) is 3.79. The summed E-state index contributed by atoms with van der Waals surface area (Å²) < 4.78 is 1.92. The van der Waals surface area contributed by atoms with Gasteiger partial charge < -0.3 is 14.9 Å². The summed E-state index contributed by atoms with van der Waals surface area (Å²) in [7, 11) is 1.92. The van der Waals surface area contributed by atoms with Crippen LogP contribution in [-0.4, -0.2) is 9.55 Å². The van der Waals surface area contributed by atoms with Gasteiger partial charge in [0.2, 0.25) is 0 Å². The number of fused-ring (bicyclic) bond motifs is 1. The summed E-state index contributed by atoms with van der Waals surface area (Å²) in [6.07, 6.45) is 1.94. The first-order chi connectivity index (χ1) is 9.69. The zero-order chi connectivity index (χ0) is 14.1. The van der Waals surface area contributed by atoms with Crippen LogP contribution < -0.4 is 5.32 Å². The van der Waals surface area contributed by atoms with Gasteiger partial charge in [0.05, 0.1) is 0 Å². The van der Waals surface area contributed by atoms with Crippen LogP contribution in [0.15, 0.2) is 36.5 Å². The second-order valence-corrected chi connectivity index (χ2v) is 4.94. The number of benzene rings is 1. The average Bonchev–Trinajstić information content (AvgIpc) is 3.03. The Kier molecular flexibility index (Phi) is 2.96. The van der Waals surface area contributed by atoms with Crippen molar-refractivity contribution < 1.29 is 0 Å². The monoisotopic (exact) mass is 264 g/mol. The maximum atomic E-state index is 9.04. The highest BCUT2D eigenvalue weighted by molar-refractivity contribution is 5.82. The number of nitrogens with one attached hydrogen (secondary N) is 2. The number of anilines is 1. The van der Waals surface area contributed by atoms with Gasteiger partial charge >= 0.3 is 0 Å². The van der Waals surface area contributed by atoms with Crippen LogP contribution in [0.3, 0.4) is 0 Å². The summed E-state index contributed by atoms with van der Waals surface area (Å²) in [4.78, 5) is 3.18. The molecule has 4 nitrogen and oxygen atoms in total. The number of nitriles is 1. The highest BCUT2D eigenvalue weighted by Crippen LogP contribution is 2.20. The topological polar surface area (TPSA) is 56.5 Å². The van der Waals surface area contributed by atoms with Gasteiger partial charge in [0.1, 0.15) is 11.8 Å². The Balaban J connectivity index is 1.81. The molecule has 0 saturated heterocycles. The van der Waals surface area contributed by atoms with Crippen LogP contribution in [0.25, 0.3) is 10.9 Å². The van der Waals surface area contributed by atoms with Crippen LogP contribution in [0, 0.1) is 18.3 Å². The highest BCUT2D eigenvalue weighted by atomic mass is 15.0. The van der Waals surface area contributed by atoms with Crippen molar-refractivity contribution in [3.8, 4) is 6.07 Å². The molecule has 0 spiro atoms. The number of aromatic amines is 1. The maximum Gasteiger partial charge on any atom is 0.120 e. The molecule has 0 aliphatic heterocycles. The van der Waals surface area contributed by atoms with Crippen LogP contribution >= 0.6 is 0 Å². The molecule has 0 saturated carbocycles. The van der Waals surface area contributed by atoms with Crippen molar-refractivity contribution in [1.29, 1.82) is 5.26 Å². The number of H-pyrrole nitrogens is 1. The van der Waals surface area contributed by atoms with Gasteiger partial charge in [-0.25, -0.2) is 0 Å². The van der Waals surface area contributed by atoms with Crippen LogP contribution in [0.4, 0.5) is 5.69 Å². The summed E-state index contributed by atoms with van der Waals surface area (Å²) in [6, 6.07) is 12.4. The number of nitrogens with zero attached hydrogens (tertiary/aromatic N) is 2. The molecule has 0 bridgehead atoms. The SMILES string of the molecule is Cc1c(CNc2ccc3[nH]ccc3c2)cc(C#N)n1C. The van der Waals surface area contributed by atoms with Gasteiger partial charge in [-0.2, -0.15) is 5.26 Å². The standard InChI is InChI=1S/C16H16N4/c1-11-13(8-15(9-17)20(11)2)10-19-14-3-4-16-12(7-14)5-6-18-16/h3-8,18-19H,10H2,1-2H3. The van der Waals surface area contributed by atoms with Crippen molar-refractivity contribution in [2.24, 2.45) is 7.05 Å². The fourth-order valence-corrected chi connectivity index (χ4v) is 2.41. The van der Waals surface area contributed by atoms with Gasteiger partial charge in [0.15, 0.2) is 0 Å². The van der Waals surface area contributed by atoms with Crippen LogP contribution in [0.5, 0.6) is 0 Å². The predicted molar refractivity (Wildman–Crippen MR) is 80.5 cm³/mol. The van der Waals surface area contributed by atoms with E-state index >= 15 is 0 Å². The van der Waals surface area contributed by atoms with Crippen molar-refractivity contribution in [3.05, 3.63) is 53.5 Å². The summed E-state index contributed by atoms with van der Waals surface area (Å²) in [6.45, 7) is 2.75. The van der Waals surface area contributed by atoms with Gasteiger partial charge in [-0.1, -0.05) is 0 Å². The van der Waals surface area contributed by atoms with E-state index in [1.165, 1.54) is 5.39 Å². The molecule has 4 heteroatoms. The third-order valence-electron chi connectivity index (χ3n) is 3.79. The Hall–Kier alpha value is -2.67. The molecule has 0 aliphatic carbocycles. The van der Waals surface area contributed by atoms with E-state index in [0.29, 0.717) is 5.69 Å². The molecular formula is C16H16N4. The zero-order valence-electron chi connectivity index (χ0n) is 11.6. The predicted octanol–water partition coefficient (Wildman–Crippen LogP) is 3.30. The van der Waals surface area contributed by atoms with Gasteiger partial charge in [0, 0.05) is 42.1 Å². The van der Waals surface area contributed by atoms with Gasteiger partial charge in [-0.3, -0.25) is 0 Å². The normalized spacial score (nSPS) is 10.7. The average molecular weight is 264 g/mol. The maximum absolute atomic E-state index is 9.04. The summed E-state index contributed by atoms with van der Waals surface area (Å²) in [5, 5.41) is 13.6. The van der Waals surface area contributed by atoms with Crippen LogP contribution in [-0.2, 0) is 13.6 Å². The van der Waals surface area contributed by atoms with Crippen LogP contribution in [0.2, 0.25) is 0 Å². The third kappa shape index (κ3) is 2.04. The number of aromatic nitrogens is 2. The second-order valence-electron chi connectivity index (χ2n) is 4.94. The first-order valence-corrected chi connectivity index (χ1v) is 6.55. The lowest BCUT2D eigenvalue weighted by molar-refractivity contribution is 0.856. The van der Waals surface area contributed by atoms with E-state index in [1.54, 1.807) is 0 Å². The molecule has 100 valence electrons. The number of hydrogen-bond donors (Lipinski definition) is 2. The lowest BCUT2D eigenvalue weighted by atomic mass is 10.2. The van der Waals surface area contributed by atoms with E-state index in [9.17, 15) is 0 Å². The smallest absolute Gasteiger partial charge is 0.120 e. The molecule has 20 heavy (non-hydrogen) atoms. The molecule has 1 aromatic carbocycles. The van der Waals surface area contributed by atoms with E-state index in [0.717, 1.165) is 29.0 Å². The Morgan fingerprint density at radius 2 is 2.15 bits per heavy atom. The minimum atomic E-state index is 0.695. The fourth-order valence-electron chi connectivity index (χ4n) is 2.41. The molecule has 2 aromatic heterocycles. The first-order valence-electron chi connectivity index (χ1n) is 6.55. The van der Waals surface area contributed by atoms with E-state index in [-0.39, 0.29) is 0 Å². The minimum Gasteiger partial charge on any atom is -0.381 e. The molecule has 2 N–H and O–H groups in total. The van der Waals surface area contributed by atoms with E-state index in [4.69, 9.17) is 5.26 Å². The van der Waals surface area contributed by atoms with Gasteiger partial charge in [-0.05, 0) is 42.8 Å². The molecule has 2 heterocycles. The summed E-state index contributed by atoms with van der Waals surface area (Å²) in [5.41, 5.74) is 5.19. The van der Waals surface area contributed by atoms with Crippen molar-refractivity contribution in [1.82, 2.24) is 9.55 Å². The van der Waals surface area contributed by atoms with Gasteiger partial charge in [-0.15, -0.1) is 0 Å². The van der Waals surface area contributed by atoms with Gasteiger partial charge in [0.25, 0.3) is 0 Å². The lowest BCUT2D eigenvalue weighted by Crippen LogP contribution is -2.01. The molecule has 0 fully saturated rings. The van der Waals surface area contributed by atoms with Crippen molar-refractivity contribution in [2.75, 3.05) is 5.32 Å². The molecule has 0 unspecified atom stereocenters. The van der Waals surface area contributed by atoms with E-state index in [2.05, 4.69) is 40.6 Å². The summed E-state index contributed by atoms with van der Waals surface area (Å²) >= 11 is 0. The largest absolute Gasteiger partial charge is 0.381 e. The Morgan fingerprint density at radius 1 is 1.30 bits per heavy atom. The molecular weight excluding hydrogens is 248 g/mol. The van der Waals surface area contributed by atoms with E-state index in [1.807, 2.05) is 30.8 Å². The Bertz CT molecular complexity index is 802. The molecule has 0 radical (unpaired) electrons. The number of hydrogen-bond acceptors (Lipinski definition) is 2. The molecule has 3 aromatic rings. The molecule has 0 amide bonds. The molecule has 3 rings (SSSR count). The minimum absolute atomic E-state index is 0.695. The zero-order valence-corrected chi connectivity index (χ0v) is 11.6. The quantitative estimate of drug-likeness (QED) is 0.762. The number of rotatable bonds is 3. The fraction of sp³-hybridized carbons (Fsp3) is 0.188. The Labute approximate surface area is 117 Å². The Morgan fingerprint density at radius 3 is 2.90 bits per heavy atom. The lowest BCUT2D eigenvalue weighted by Gasteiger charge is -2.07. The van der Waals surface area contributed by atoms with Crippen molar-refractivity contribution in [2.45, 2.75) is 13.5 Å². The molecule has 0 atom stereocenters.